The molecule has 0 amide bonds. The molecule has 70 valence electrons. The molecule has 2 heterocycles. The number of hydrogen-bond donors (Lipinski definition) is 2. The normalized spacial score (nSPS) is 42.2. The number of ether oxygens (including phenoxy) is 1. The lowest BCUT2D eigenvalue weighted by Gasteiger charge is -2.15. The quantitative estimate of drug-likeness (QED) is 0.632. The smallest absolute Gasteiger partial charge is 0.109 e. The summed E-state index contributed by atoms with van der Waals surface area (Å²) < 4.78 is 5.58. The summed E-state index contributed by atoms with van der Waals surface area (Å²) in [6, 6.07) is 1.23. The van der Waals surface area contributed by atoms with Crippen LogP contribution in [0.3, 0.4) is 0 Å². The highest BCUT2D eigenvalue weighted by Crippen LogP contribution is 2.14. The fraction of sp³-hybridized carbons (Fsp3) is 1.00. The lowest BCUT2D eigenvalue weighted by molar-refractivity contribution is 0.0859. The molecule has 0 aromatic rings. The van der Waals surface area contributed by atoms with Gasteiger partial charge >= 0.3 is 0 Å². The van der Waals surface area contributed by atoms with Gasteiger partial charge in [-0.05, 0) is 26.3 Å². The molecule has 2 rings (SSSR count). The third-order valence-electron chi connectivity index (χ3n) is 2.68. The van der Waals surface area contributed by atoms with E-state index in [0.29, 0.717) is 18.3 Å². The molecule has 2 aliphatic heterocycles. The Labute approximate surface area is 73.9 Å². The molecule has 3 atom stereocenters. The van der Waals surface area contributed by atoms with Gasteiger partial charge in [-0.2, -0.15) is 0 Å². The van der Waals surface area contributed by atoms with E-state index < -0.39 is 0 Å². The first-order valence-corrected chi connectivity index (χ1v) is 4.95. The van der Waals surface area contributed by atoms with Crippen molar-refractivity contribution < 1.29 is 4.74 Å². The molecule has 2 aliphatic rings. The zero-order valence-electron chi connectivity index (χ0n) is 7.68. The molecule has 3 unspecified atom stereocenters. The third-order valence-corrected chi connectivity index (χ3v) is 2.68. The Morgan fingerprint density at radius 1 is 1.50 bits per heavy atom. The van der Waals surface area contributed by atoms with Crippen LogP contribution in [0.25, 0.3) is 0 Å². The standard InChI is InChI=1S/C9H18N2O/c1-7-6-12-9(11-7)5-8-3-2-4-10-8/h7-11H,2-6H2,1H3. The van der Waals surface area contributed by atoms with E-state index >= 15 is 0 Å². The van der Waals surface area contributed by atoms with Crippen molar-refractivity contribution >= 4 is 0 Å². The first kappa shape index (κ1) is 8.48. The molecule has 2 N–H and O–H groups in total. The van der Waals surface area contributed by atoms with Gasteiger partial charge in [-0.15, -0.1) is 0 Å². The Morgan fingerprint density at radius 2 is 2.42 bits per heavy atom. The minimum absolute atomic E-state index is 0.301. The van der Waals surface area contributed by atoms with Crippen LogP contribution in [0.2, 0.25) is 0 Å². The van der Waals surface area contributed by atoms with Gasteiger partial charge in [-0.1, -0.05) is 0 Å². The Kier molecular flexibility index (Phi) is 2.63. The third kappa shape index (κ3) is 1.97. The van der Waals surface area contributed by atoms with Gasteiger partial charge in [0.25, 0.3) is 0 Å². The van der Waals surface area contributed by atoms with Crippen LogP contribution < -0.4 is 10.6 Å². The maximum atomic E-state index is 5.58. The molecular weight excluding hydrogens is 152 g/mol. The molecule has 2 fully saturated rings. The monoisotopic (exact) mass is 170 g/mol. The highest BCUT2D eigenvalue weighted by Gasteiger charge is 2.25. The van der Waals surface area contributed by atoms with Gasteiger partial charge in [-0.3, -0.25) is 5.32 Å². The molecule has 0 radical (unpaired) electrons. The Hall–Kier alpha value is -0.120. The second-order valence-electron chi connectivity index (χ2n) is 3.92. The number of nitrogens with one attached hydrogen (secondary N) is 2. The van der Waals surface area contributed by atoms with Crippen LogP contribution in [-0.4, -0.2) is 31.5 Å². The molecule has 3 heteroatoms. The van der Waals surface area contributed by atoms with Crippen molar-refractivity contribution in [3.63, 3.8) is 0 Å². The zero-order valence-corrected chi connectivity index (χ0v) is 7.68. The predicted octanol–water partition coefficient (Wildman–Crippen LogP) is 0.463. The van der Waals surface area contributed by atoms with E-state index in [4.69, 9.17) is 4.74 Å². The van der Waals surface area contributed by atoms with Crippen molar-refractivity contribution in [3.8, 4) is 0 Å². The Balaban J connectivity index is 1.72. The Morgan fingerprint density at radius 3 is 3.00 bits per heavy atom. The molecule has 12 heavy (non-hydrogen) atoms. The lowest BCUT2D eigenvalue weighted by atomic mass is 10.1. The molecule has 0 aromatic carbocycles. The second kappa shape index (κ2) is 3.73. The summed E-state index contributed by atoms with van der Waals surface area (Å²) in [4.78, 5) is 0. The van der Waals surface area contributed by atoms with Crippen molar-refractivity contribution in [2.75, 3.05) is 13.2 Å². The van der Waals surface area contributed by atoms with E-state index in [0.717, 1.165) is 13.0 Å². The van der Waals surface area contributed by atoms with E-state index in [1.54, 1.807) is 0 Å². The maximum absolute atomic E-state index is 5.58. The van der Waals surface area contributed by atoms with Crippen LogP contribution in [0.5, 0.6) is 0 Å². The van der Waals surface area contributed by atoms with Crippen molar-refractivity contribution in [1.82, 2.24) is 10.6 Å². The minimum Gasteiger partial charge on any atom is -0.362 e. The topological polar surface area (TPSA) is 33.3 Å². The van der Waals surface area contributed by atoms with Crippen molar-refractivity contribution in [2.45, 2.75) is 44.5 Å². The Bertz CT molecular complexity index is 145. The first-order valence-electron chi connectivity index (χ1n) is 4.95. The van der Waals surface area contributed by atoms with Crippen molar-refractivity contribution in [2.24, 2.45) is 0 Å². The van der Waals surface area contributed by atoms with E-state index in [1.165, 1.54) is 19.4 Å². The van der Waals surface area contributed by atoms with Gasteiger partial charge in [-0.25, -0.2) is 0 Å². The summed E-state index contributed by atoms with van der Waals surface area (Å²) in [5.41, 5.74) is 0. The van der Waals surface area contributed by atoms with Crippen LogP contribution >= 0.6 is 0 Å². The highest BCUT2D eigenvalue weighted by atomic mass is 16.5. The molecule has 0 aliphatic carbocycles. The van der Waals surface area contributed by atoms with Gasteiger partial charge in [0.05, 0.1) is 6.61 Å². The number of rotatable bonds is 2. The molecule has 0 bridgehead atoms. The van der Waals surface area contributed by atoms with E-state index in [9.17, 15) is 0 Å². The van der Waals surface area contributed by atoms with E-state index in [2.05, 4.69) is 17.6 Å². The molecule has 0 saturated carbocycles. The summed E-state index contributed by atoms with van der Waals surface area (Å²) in [6.07, 6.45) is 4.07. The first-order chi connectivity index (χ1) is 5.84. The van der Waals surface area contributed by atoms with Crippen LogP contribution in [0.4, 0.5) is 0 Å². The van der Waals surface area contributed by atoms with Gasteiger partial charge in [0.1, 0.15) is 6.23 Å². The molecule has 2 saturated heterocycles. The second-order valence-corrected chi connectivity index (χ2v) is 3.92. The van der Waals surface area contributed by atoms with Crippen LogP contribution in [0.15, 0.2) is 0 Å². The van der Waals surface area contributed by atoms with Crippen LogP contribution in [0, 0.1) is 0 Å². The van der Waals surface area contributed by atoms with Crippen molar-refractivity contribution in [1.29, 1.82) is 0 Å². The molecular formula is C9H18N2O. The van der Waals surface area contributed by atoms with Crippen molar-refractivity contribution in [3.05, 3.63) is 0 Å². The van der Waals surface area contributed by atoms with Gasteiger partial charge in [0, 0.05) is 18.5 Å². The SMILES string of the molecule is CC1COC(CC2CCCN2)N1. The summed E-state index contributed by atoms with van der Waals surface area (Å²) in [5, 5.41) is 6.90. The predicted molar refractivity (Wildman–Crippen MR) is 48.0 cm³/mol. The van der Waals surface area contributed by atoms with Gasteiger partial charge in [0.2, 0.25) is 0 Å². The average molecular weight is 170 g/mol. The fourth-order valence-electron chi connectivity index (χ4n) is 2.03. The van der Waals surface area contributed by atoms with Gasteiger partial charge in [0.15, 0.2) is 0 Å². The summed E-state index contributed by atoms with van der Waals surface area (Å²) in [7, 11) is 0. The summed E-state index contributed by atoms with van der Waals surface area (Å²) >= 11 is 0. The largest absolute Gasteiger partial charge is 0.362 e. The molecule has 0 aromatic heterocycles. The lowest BCUT2D eigenvalue weighted by Crippen LogP contribution is -2.34. The fourth-order valence-corrected chi connectivity index (χ4v) is 2.03. The molecule has 3 nitrogen and oxygen atoms in total. The zero-order chi connectivity index (χ0) is 8.39. The summed E-state index contributed by atoms with van der Waals surface area (Å²) in [5.74, 6) is 0. The molecule has 0 spiro atoms. The van der Waals surface area contributed by atoms with Crippen LogP contribution in [-0.2, 0) is 4.74 Å². The number of hydrogen-bond acceptors (Lipinski definition) is 3. The van der Waals surface area contributed by atoms with E-state index in [1.807, 2.05) is 0 Å². The van der Waals surface area contributed by atoms with E-state index in [-0.39, 0.29) is 0 Å². The highest BCUT2D eigenvalue weighted by molar-refractivity contribution is 4.80. The van der Waals surface area contributed by atoms with Crippen LogP contribution in [0.1, 0.15) is 26.2 Å². The maximum Gasteiger partial charge on any atom is 0.109 e. The van der Waals surface area contributed by atoms with Gasteiger partial charge < -0.3 is 10.1 Å². The summed E-state index contributed by atoms with van der Waals surface area (Å²) in [6.45, 7) is 4.23. The minimum atomic E-state index is 0.301. The average Bonchev–Trinajstić information content (AvgIpc) is 2.63.